The molecule has 142 valence electrons. The Morgan fingerprint density at radius 2 is 2.00 bits per heavy atom. The van der Waals surface area contributed by atoms with E-state index in [1.165, 1.54) is 6.26 Å². The van der Waals surface area contributed by atoms with Gasteiger partial charge >= 0.3 is 0 Å². The summed E-state index contributed by atoms with van der Waals surface area (Å²) in [7, 11) is -1.53. The van der Waals surface area contributed by atoms with E-state index in [-0.39, 0.29) is 29.4 Å². The van der Waals surface area contributed by atoms with Crippen molar-refractivity contribution in [2.24, 2.45) is 16.3 Å². The van der Waals surface area contributed by atoms with E-state index in [0.29, 0.717) is 30.6 Å². The molecule has 1 aliphatic heterocycles. The fourth-order valence-corrected chi connectivity index (χ4v) is 4.88. The number of nitrogens with zero attached hydrogens (tertiary/aromatic N) is 1. The van der Waals surface area contributed by atoms with Crippen molar-refractivity contribution in [3.63, 3.8) is 0 Å². The molecular formula is C15H31IN4O3S. The molecule has 24 heavy (non-hydrogen) atoms. The largest absolute Gasteiger partial charge is 0.377 e. The molecule has 1 saturated heterocycles. The predicted octanol–water partition coefficient (Wildman–Crippen LogP) is 0.911. The minimum absolute atomic E-state index is 0. The fourth-order valence-electron chi connectivity index (χ4n) is 3.80. The van der Waals surface area contributed by atoms with Gasteiger partial charge in [0.05, 0.1) is 12.4 Å². The van der Waals surface area contributed by atoms with Crippen molar-refractivity contribution in [2.75, 3.05) is 26.5 Å². The number of nitrogens with one attached hydrogen (secondary N) is 3. The van der Waals surface area contributed by atoms with Crippen LogP contribution in [-0.2, 0) is 14.8 Å². The van der Waals surface area contributed by atoms with E-state index in [0.717, 1.165) is 13.0 Å². The summed E-state index contributed by atoms with van der Waals surface area (Å²) in [5.41, 5.74) is -0.529. The molecule has 0 aromatic heterocycles. The lowest BCUT2D eigenvalue weighted by atomic mass is 9.57. The van der Waals surface area contributed by atoms with Gasteiger partial charge in [-0.05, 0) is 20.3 Å². The molecule has 1 saturated carbocycles. The Balaban J connectivity index is 0.00000288. The van der Waals surface area contributed by atoms with Crippen LogP contribution >= 0.6 is 24.0 Å². The summed E-state index contributed by atoms with van der Waals surface area (Å²) >= 11 is 0. The van der Waals surface area contributed by atoms with Crippen molar-refractivity contribution in [2.45, 2.75) is 51.8 Å². The van der Waals surface area contributed by atoms with Gasteiger partial charge in [-0.25, -0.2) is 13.1 Å². The van der Waals surface area contributed by atoms with E-state index in [9.17, 15) is 8.42 Å². The first-order chi connectivity index (χ1) is 10.5. The highest BCUT2D eigenvalue weighted by atomic mass is 127. The Bertz CT molecular complexity index is 577. The molecule has 0 amide bonds. The number of halogens is 1. The Labute approximate surface area is 162 Å². The summed E-state index contributed by atoms with van der Waals surface area (Å²) < 4.78 is 31.2. The molecule has 0 bridgehead atoms. The van der Waals surface area contributed by atoms with Crippen molar-refractivity contribution in [1.82, 2.24) is 15.4 Å². The van der Waals surface area contributed by atoms with Gasteiger partial charge in [-0.3, -0.25) is 4.99 Å². The maximum Gasteiger partial charge on any atom is 0.209 e. The minimum atomic E-state index is -3.25. The van der Waals surface area contributed by atoms with Gasteiger partial charge in [0.15, 0.2) is 5.96 Å². The van der Waals surface area contributed by atoms with Crippen LogP contribution < -0.4 is 15.4 Å². The first-order valence-corrected chi connectivity index (χ1v) is 9.93. The van der Waals surface area contributed by atoms with E-state index in [1.807, 2.05) is 13.8 Å². The van der Waals surface area contributed by atoms with Gasteiger partial charge in [-0.15, -0.1) is 24.0 Å². The van der Waals surface area contributed by atoms with E-state index >= 15 is 0 Å². The van der Waals surface area contributed by atoms with Crippen LogP contribution in [0.3, 0.4) is 0 Å². The number of ether oxygens (including phenoxy) is 1. The number of rotatable bonds is 5. The Morgan fingerprint density at radius 1 is 1.38 bits per heavy atom. The number of sulfonamides is 1. The van der Waals surface area contributed by atoms with Crippen molar-refractivity contribution in [1.29, 1.82) is 0 Å². The molecule has 7 nitrogen and oxygen atoms in total. The number of hydrogen-bond acceptors (Lipinski definition) is 4. The molecule has 0 radical (unpaired) electrons. The average molecular weight is 474 g/mol. The standard InChI is InChI=1S/C15H30N4O3S.HI/c1-14(2,19-23(6,20)21)9-17-13(16-5)18-11-10-7-8-22-12(10)15(11,3)4;/h10-12,19H,7-9H2,1-6H3,(H2,16,17,18);1H. The summed E-state index contributed by atoms with van der Waals surface area (Å²) in [6, 6.07) is 0.312. The zero-order chi connectivity index (χ0) is 17.5. The van der Waals surface area contributed by atoms with Crippen LogP contribution in [0.2, 0.25) is 0 Å². The topological polar surface area (TPSA) is 91.8 Å². The highest BCUT2D eigenvalue weighted by molar-refractivity contribution is 14.0. The van der Waals surface area contributed by atoms with Gasteiger partial charge in [0.2, 0.25) is 10.0 Å². The maximum absolute atomic E-state index is 11.4. The molecule has 2 rings (SSSR count). The molecule has 3 N–H and O–H groups in total. The molecule has 0 aromatic carbocycles. The number of fused-ring (bicyclic) bond motifs is 1. The summed E-state index contributed by atoms with van der Waals surface area (Å²) in [6.07, 6.45) is 2.56. The number of guanidine groups is 1. The van der Waals surface area contributed by atoms with Gasteiger partial charge in [-0.1, -0.05) is 13.8 Å². The van der Waals surface area contributed by atoms with Crippen LogP contribution in [0.1, 0.15) is 34.1 Å². The van der Waals surface area contributed by atoms with Gasteiger partial charge < -0.3 is 15.4 Å². The summed E-state index contributed by atoms with van der Waals surface area (Å²) in [4.78, 5) is 4.27. The third kappa shape index (κ3) is 4.95. The van der Waals surface area contributed by atoms with E-state index in [2.05, 4.69) is 34.2 Å². The second-order valence-corrected chi connectivity index (χ2v) is 9.62. The monoisotopic (exact) mass is 474 g/mol. The van der Waals surface area contributed by atoms with Crippen molar-refractivity contribution >= 4 is 40.0 Å². The van der Waals surface area contributed by atoms with Crippen LogP contribution in [0.25, 0.3) is 0 Å². The molecule has 1 aliphatic carbocycles. The zero-order valence-electron chi connectivity index (χ0n) is 15.3. The van der Waals surface area contributed by atoms with Gasteiger partial charge in [0.25, 0.3) is 0 Å². The van der Waals surface area contributed by atoms with Gasteiger partial charge in [0.1, 0.15) is 0 Å². The minimum Gasteiger partial charge on any atom is -0.377 e. The van der Waals surface area contributed by atoms with Crippen LogP contribution in [0.4, 0.5) is 0 Å². The van der Waals surface area contributed by atoms with E-state index < -0.39 is 15.6 Å². The first kappa shape index (κ1) is 21.9. The fraction of sp³-hybridized carbons (Fsp3) is 0.933. The zero-order valence-corrected chi connectivity index (χ0v) is 18.5. The van der Waals surface area contributed by atoms with Crippen LogP contribution in [0.15, 0.2) is 4.99 Å². The molecule has 2 fully saturated rings. The third-order valence-electron chi connectivity index (χ3n) is 4.78. The van der Waals surface area contributed by atoms with Crippen molar-refractivity contribution in [3.8, 4) is 0 Å². The Hall–Kier alpha value is -0.130. The quantitative estimate of drug-likeness (QED) is 0.313. The lowest BCUT2D eigenvalue weighted by molar-refractivity contribution is -0.106. The van der Waals surface area contributed by atoms with Crippen molar-refractivity contribution < 1.29 is 13.2 Å². The third-order valence-corrected chi connectivity index (χ3v) is 5.70. The van der Waals surface area contributed by atoms with E-state index in [4.69, 9.17) is 4.74 Å². The number of hydrogen-bond donors (Lipinski definition) is 3. The van der Waals surface area contributed by atoms with E-state index in [1.54, 1.807) is 7.05 Å². The summed E-state index contributed by atoms with van der Waals surface area (Å²) in [5, 5.41) is 6.70. The molecular weight excluding hydrogens is 443 g/mol. The average Bonchev–Trinajstić information content (AvgIpc) is 2.82. The second-order valence-electron chi connectivity index (χ2n) is 7.87. The first-order valence-electron chi connectivity index (χ1n) is 8.04. The SMILES string of the molecule is CN=C(NCC(C)(C)NS(C)(=O)=O)NC1C2CCOC2C1(C)C.I. The van der Waals surface area contributed by atoms with Gasteiger partial charge in [0, 0.05) is 43.1 Å². The van der Waals surface area contributed by atoms with Gasteiger partial charge in [-0.2, -0.15) is 0 Å². The smallest absolute Gasteiger partial charge is 0.209 e. The summed E-state index contributed by atoms with van der Waals surface area (Å²) in [6.45, 7) is 9.36. The summed E-state index contributed by atoms with van der Waals surface area (Å²) in [5.74, 6) is 1.21. The molecule has 2 aliphatic rings. The highest BCUT2D eigenvalue weighted by Crippen LogP contribution is 2.52. The normalized spacial score (nSPS) is 29.2. The molecule has 3 unspecified atom stereocenters. The van der Waals surface area contributed by atoms with Crippen LogP contribution in [-0.4, -0.2) is 58.5 Å². The number of aliphatic imine (C=N–C) groups is 1. The van der Waals surface area contributed by atoms with Crippen LogP contribution in [0, 0.1) is 11.3 Å². The second kappa shape index (κ2) is 7.63. The molecule has 1 heterocycles. The lowest BCUT2D eigenvalue weighted by Crippen LogP contribution is -2.68. The molecule has 0 spiro atoms. The highest BCUT2D eigenvalue weighted by Gasteiger charge is 2.59. The van der Waals surface area contributed by atoms with Crippen molar-refractivity contribution in [3.05, 3.63) is 0 Å². The Morgan fingerprint density at radius 3 is 2.54 bits per heavy atom. The molecule has 0 aromatic rings. The molecule has 9 heteroatoms. The maximum atomic E-state index is 11.4. The lowest BCUT2D eigenvalue weighted by Gasteiger charge is -2.55. The molecule has 3 atom stereocenters. The predicted molar refractivity (Wildman–Crippen MR) is 107 cm³/mol. The Kier molecular flexibility index (Phi) is 6.96. The van der Waals surface area contributed by atoms with Crippen LogP contribution in [0.5, 0.6) is 0 Å².